The van der Waals surface area contributed by atoms with Gasteiger partial charge in [0.1, 0.15) is 17.1 Å². The van der Waals surface area contributed by atoms with Crippen LogP contribution in [0.25, 0.3) is 21.0 Å². The van der Waals surface area contributed by atoms with E-state index in [1.54, 1.807) is 0 Å². The average Bonchev–Trinajstić information content (AvgIpc) is 3.27. The Morgan fingerprint density at radius 1 is 1.09 bits per heavy atom. The summed E-state index contributed by atoms with van der Waals surface area (Å²) in [5.74, 6) is -1.14. The number of morpholine rings is 1. The minimum absolute atomic E-state index is 0.0565. The van der Waals surface area contributed by atoms with E-state index in [4.69, 9.17) is 9.47 Å². The van der Waals surface area contributed by atoms with Gasteiger partial charge in [-0.05, 0) is 29.0 Å². The molecule has 1 amide bonds. The second kappa shape index (κ2) is 10.0. The van der Waals surface area contributed by atoms with Gasteiger partial charge in [-0.15, -0.1) is 0 Å². The molecule has 0 saturated carbocycles. The maximum Gasteiger partial charge on any atom is 0.266 e. The number of rotatable bonds is 7. The Morgan fingerprint density at radius 3 is 2.71 bits per heavy atom. The molecule has 1 aliphatic heterocycles. The molecule has 0 atom stereocenters. The second-order valence-corrected chi connectivity index (χ2v) is 9.04. The molecule has 0 radical (unpaired) electrons. The van der Waals surface area contributed by atoms with Gasteiger partial charge in [0.25, 0.3) is 5.91 Å². The molecule has 1 saturated heterocycles. The van der Waals surface area contributed by atoms with Crippen molar-refractivity contribution >= 4 is 43.4 Å². The standard InChI is InChI=1S/C25H23F2N3O3S/c26-19-14-21(27)24-22(15-19)34-25(28-24)30(8-7-29-9-11-32-12-10-29)23(31)16-33-20-6-5-17-3-1-2-4-18(17)13-20/h1-6,13-15H,7-12,16H2. The van der Waals surface area contributed by atoms with Crippen molar-refractivity contribution < 1.29 is 23.0 Å². The monoisotopic (exact) mass is 483 g/mol. The number of amides is 1. The van der Waals surface area contributed by atoms with Crippen LogP contribution in [0.1, 0.15) is 0 Å². The molecule has 0 aliphatic carbocycles. The van der Waals surface area contributed by atoms with Gasteiger partial charge in [0.05, 0.1) is 17.9 Å². The maximum absolute atomic E-state index is 14.3. The van der Waals surface area contributed by atoms with Gasteiger partial charge in [0.15, 0.2) is 17.6 Å². The lowest BCUT2D eigenvalue weighted by Crippen LogP contribution is -2.44. The summed E-state index contributed by atoms with van der Waals surface area (Å²) in [7, 11) is 0. The number of anilines is 1. The van der Waals surface area contributed by atoms with E-state index in [0.717, 1.165) is 41.3 Å². The van der Waals surface area contributed by atoms with Gasteiger partial charge >= 0.3 is 0 Å². The molecule has 0 bridgehead atoms. The van der Waals surface area contributed by atoms with Crippen LogP contribution in [0.4, 0.5) is 13.9 Å². The lowest BCUT2D eigenvalue weighted by molar-refractivity contribution is -0.120. The Bertz CT molecular complexity index is 1320. The maximum atomic E-state index is 14.3. The molecule has 0 spiro atoms. The largest absolute Gasteiger partial charge is 0.484 e. The number of benzene rings is 3. The van der Waals surface area contributed by atoms with Gasteiger partial charge in [-0.1, -0.05) is 41.7 Å². The van der Waals surface area contributed by atoms with Gasteiger partial charge < -0.3 is 9.47 Å². The molecule has 4 aromatic rings. The molecule has 0 N–H and O–H groups in total. The number of carbonyl (C=O) groups is 1. The molecular weight excluding hydrogens is 460 g/mol. The van der Waals surface area contributed by atoms with Gasteiger partial charge in [0.2, 0.25) is 0 Å². The molecule has 2 heterocycles. The highest BCUT2D eigenvalue weighted by atomic mass is 32.1. The van der Waals surface area contributed by atoms with Crippen molar-refractivity contribution in [1.82, 2.24) is 9.88 Å². The third-order valence-corrected chi connectivity index (χ3v) is 6.79. The van der Waals surface area contributed by atoms with E-state index in [1.165, 1.54) is 11.0 Å². The molecule has 3 aromatic carbocycles. The zero-order valence-electron chi connectivity index (χ0n) is 18.4. The first-order valence-electron chi connectivity index (χ1n) is 11.0. The Balaban J connectivity index is 1.36. The molecule has 1 fully saturated rings. The Hall–Kier alpha value is -3.14. The first-order chi connectivity index (χ1) is 16.6. The van der Waals surface area contributed by atoms with E-state index in [0.29, 0.717) is 41.9 Å². The summed E-state index contributed by atoms with van der Waals surface area (Å²) in [4.78, 5) is 21.3. The fourth-order valence-corrected chi connectivity index (χ4v) is 4.98. The number of fused-ring (bicyclic) bond motifs is 2. The minimum atomic E-state index is -0.745. The molecule has 1 aliphatic rings. The number of thiazole rings is 1. The van der Waals surface area contributed by atoms with E-state index in [1.807, 2.05) is 42.5 Å². The van der Waals surface area contributed by atoms with Crippen molar-refractivity contribution in [2.75, 3.05) is 50.9 Å². The lowest BCUT2D eigenvalue weighted by atomic mass is 10.1. The smallest absolute Gasteiger partial charge is 0.266 e. The summed E-state index contributed by atoms with van der Waals surface area (Å²) < 4.78 is 39.5. The quantitative estimate of drug-likeness (QED) is 0.388. The SMILES string of the molecule is O=C(COc1ccc2ccccc2c1)N(CCN1CCOCC1)c1nc2c(F)cc(F)cc2s1. The number of aromatic nitrogens is 1. The topological polar surface area (TPSA) is 54.9 Å². The van der Waals surface area contributed by atoms with Crippen LogP contribution in [-0.4, -0.2) is 61.8 Å². The number of hydrogen-bond donors (Lipinski definition) is 0. The molecule has 176 valence electrons. The Morgan fingerprint density at radius 2 is 1.88 bits per heavy atom. The van der Waals surface area contributed by atoms with E-state index in [2.05, 4.69) is 9.88 Å². The number of carbonyl (C=O) groups excluding carboxylic acids is 1. The van der Waals surface area contributed by atoms with Crippen LogP contribution in [0, 0.1) is 11.6 Å². The second-order valence-electron chi connectivity index (χ2n) is 8.03. The summed E-state index contributed by atoms with van der Waals surface area (Å²) in [6.45, 7) is 3.59. The van der Waals surface area contributed by atoms with Crippen LogP contribution in [0.2, 0.25) is 0 Å². The predicted molar refractivity (Wildman–Crippen MR) is 129 cm³/mol. The Kier molecular flexibility index (Phi) is 6.66. The molecule has 5 rings (SSSR count). The summed E-state index contributed by atoms with van der Waals surface area (Å²) in [5.41, 5.74) is 0.0565. The third-order valence-electron chi connectivity index (χ3n) is 5.76. The highest BCUT2D eigenvalue weighted by Gasteiger charge is 2.23. The van der Waals surface area contributed by atoms with Crippen molar-refractivity contribution in [2.45, 2.75) is 0 Å². The molecule has 34 heavy (non-hydrogen) atoms. The fraction of sp³-hybridized carbons (Fsp3) is 0.280. The highest BCUT2D eigenvalue weighted by Crippen LogP contribution is 2.31. The number of nitrogens with zero attached hydrogens (tertiary/aromatic N) is 3. The molecule has 9 heteroatoms. The van der Waals surface area contributed by atoms with E-state index < -0.39 is 11.6 Å². The average molecular weight is 484 g/mol. The highest BCUT2D eigenvalue weighted by molar-refractivity contribution is 7.22. The van der Waals surface area contributed by atoms with Crippen LogP contribution in [0.5, 0.6) is 5.75 Å². The molecular formula is C25H23F2N3O3S. The summed E-state index contributed by atoms with van der Waals surface area (Å²) in [6.07, 6.45) is 0. The van der Waals surface area contributed by atoms with Crippen LogP contribution >= 0.6 is 11.3 Å². The molecule has 1 aromatic heterocycles. The van der Waals surface area contributed by atoms with Crippen molar-refractivity contribution in [3.05, 3.63) is 66.2 Å². The first-order valence-corrected chi connectivity index (χ1v) is 11.9. The first kappa shape index (κ1) is 22.6. The molecule has 6 nitrogen and oxygen atoms in total. The van der Waals surface area contributed by atoms with Crippen molar-refractivity contribution in [3.63, 3.8) is 0 Å². The normalized spacial score (nSPS) is 14.5. The van der Waals surface area contributed by atoms with Gasteiger partial charge in [-0.3, -0.25) is 14.6 Å². The van der Waals surface area contributed by atoms with Crippen LogP contribution in [0.15, 0.2) is 54.6 Å². The van der Waals surface area contributed by atoms with E-state index in [-0.39, 0.29) is 18.0 Å². The third kappa shape index (κ3) is 5.01. The van der Waals surface area contributed by atoms with E-state index in [9.17, 15) is 13.6 Å². The number of hydrogen-bond acceptors (Lipinski definition) is 6. The minimum Gasteiger partial charge on any atom is -0.484 e. The van der Waals surface area contributed by atoms with Gasteiger partial charge in [-0.2, -0.15) is 0 Å². The molecule has 0 unspecified atom stereocenters. The van der Waals surface area contributed by atoms with Crippen LogP contribution in [0.3, 0.4) is 0 Å². The lowest BCUT2D eigenvalue weighted by Gasteiger charge is -2.29. The van der Waals surface area contributed by atoms with Crippen molar-refractivity contribution in [2.24, 2.45) is 0 Å². The Labute approximate surface area is 199 Å². The van der Waals surface area contributed by atoms with Crippen molar-refractivity contribution in [3.8, 4) is 5.75 Å². The zero-order valence-corrected chi connectivity index (χ0v) is 19.2. The summed E-state index contributed by atoms with van der Waals surface area (Å²) in [6, 6.07) is 15.6. The van der Waals surface area contributed by atoms with E-state index >= 15 is 0 Å². The number of halogens is 2. The zero-order chi connectivity index (χ0) is 23.5. The number of ether oxygens (including phenoxy) is 2. The van der Waals surface area contributed by atoms with Crippen LogP contribution in [-0.2, 0) is 9.53 Å². The summed E-state index contributed by atoms with van der Waals surface area (Å²) >= 11 is 1.09. The predicted octanol–water partition coefficient (Wildman–Crippen LogP) is 4.47. The van der Waals surface area contributed by atoms with Crippen molar-refractivity contribution in [1.29, 1.82) is 0 Å². The van der Waals surface area contributed by atoms with Gasteiger partial charge in [0, 0.05) is 32.2 Å². The van der Waals surface area contributed by atoms with Gasteiger partial charge in [-0.25, -0.2) is 13.8 Å². The van der Waals surface area contributed by atoms with Crippen LogP contribution < -0.4 is 9.64 Å². The summed E-state index contributed by atoms with van der Waals surface area (Å²) in [5, 5.41) is 2.41. The fourth-order valence-electron chi connectivity index (χ4n) is 3.93.